The first kappa shape index (κ1) is 16.8. The second kappa shape index (κ2) is 6.57. The number of aromatic nitrogens is 3. The van der Waals surface area contributed by atoms with Crippen molar-refractivity contribution in [3.63, 3.8) is 0 Å². The minimum atomic E-state index is -0.0898. The van der Waals surface area contributed by atoms with Crippen molar-refractivity contribution in [3.05, 3.63) is 71.8 Å². The van der Waals surface area contributed by atoms with Crippen LogP contribution in [-0.4, -0.2) is 20.4 Å². The predicted octanol–water partition coefficient (Wildman–Crippen LogP) is 3.83. The molecule has 1 unspecified atom stereocenters. The maximum absolute atomic E-state index is 5.95. The van der Waals surface area contributed by atoms with E-state index in [0.717, 1.165) is 24.4 Å². The van der Waals surface area contributed by atoms with E-state index in [0.29, 0.717) is 0 Å². The van der Waals surface area contributed by atoms with Crippen LogP contribution in [0.1, 0.15) is 43.5 Å². The van der Waals surface area contributed by atoms with E-state index >= 15 is 0 Å². The molecule has 3 aromatic rings. The molecular weight excluding hydrogens is 324 g/mol. The van der Waals surface area contributed by atoms with Gasteiger partial charge in [-0.15, -0.1) is 0 Å². The monoisotopic (exact) mass is 348 g/mol. The molecular formula is C21H24N4O. The zero-order valence-electron chi connectivity index (χ0n) is 15.4. The average Bonchev–Trinajstić information content (AvgIpc) is 3.25. The molecule has 26 heavy (non-hydrogen) atoms. The van der Waals surface area contributed by atoms with E-state index in [1.807, 2.05) is 0 Å². The van der Waals surface area contributed by atoms with Gasteiger partial charge in [0, 0.05) is 19.0 Å². The van der Waals surface area contributed by atoms with Gasteiger partial charge in [0.05, 0.1) is 5.69 Å². The summed E-state index contributed by atoms with van der Waals surface area (Å²) in [4.78, 5) is 3.98. The number of nitrogens with one attached hydrogen (secondary N) is 1. The lowest BCUT2D eigenvalue weighted by Gasteiger charge is -2.16. The van der Waals surface area contributed by atoms with Gasteiger partial charge in [-0.25, -0.2) is 9.67 Å². The fourth-order valence-electron chi connectivity index (χ4n) is 3.42. The molecule has 1 atom stereocenters. The lowest BCUT2D eigenvalue weighted by atomic mass is 10.00. The quantitative estimate of drug-likeness (QED) is 0.761. The first-order chi connectivity index (χ1) is 12.5. The molecule has 1 N–H and O–H groups in total. The van der Waals surface area contributed by atoms with Crippen LogP contribution in [-0.2, 0) is 13.0 Å². The standard InChI is InChI=1S/C21H24N4O/c1-15(17-5-7-19(8-6-17)25-14-22-13-24-25)23-12-16-4-9-20-18(10-16)11-21(2,3)26-20/h4-10,13-15,23H,11-12H2,1-3H3. The molecule has 1 aromatic heterocycles. The van der Waals surface area contributed by atoms with E-state index in [9.17, 15) is 0 Å². The number of hydrogen-bond donors (Lipinski definition) is 1. The van der Waals surface area contributed by atoms with Crippen LogP contribution >= 0.6 is 0 Å². The highest BCUT2D eigenvalue weighted by molar-refractivity contribution is 5.42. The fraction of sp³-hybridized carbons (Fsp3) is 0.333. The molecule has 0 spiro atoms. The lowest BCUT2D eigenvalue weighted by molar-refractivity contribution is 0.138. The molecule has 5 heteroatoms. The number of nitrogens with zero attached hydrogens (tertiary/aromatic N) is 3. The molecule has 0 radical (unpaired) electrons. The number of fused-ring (bicyclic) bond motifs is 1. The van der Waals surface area contributed by atoms with Gasteiger partial charge < -0.3 is 10.1 Å². The SMILES string of the molecule is CC(NCc1ccc2c(c1)CC(C)(C)O2)c1ccc(-n2cncn2)cc1. The Kier molecular flexibility index (Phi) is 4.24. The van der Waals surface area contributed by atoms with Gasteiger partial charge in [-0.3, -0.25) is 0 Å². The van der Waals surface area contributed by atoms with Crippen LogP contribution < -0.4 is 10.1 Å². The summed E-state index contributed by atoms with van der Waals surface area (Å²) in [6.45, 7) is 7.29. The largest absolute Gasteiger partial charge is 0.487 e. The minimum absolute atomic E-state index is 0.0898. The van der Waals surface area contributed by atoms with E-state index in [1.165, 1.54) is 16.7 Å². The second-order valence-electron chi connectivity index (χ2n) is 7.51. The summed E-state index contributed by atoms with van der Waals surface area (Å²) < 4.78 is 7.71. The fourth-order valence-corrected chi connectivity index (χ4v) is 3.42. The molecule has 0 fully saturated rings. The Morgan fingerprint density at radius 3 is 2.73 bits per heavy atom. The van der Waals surface area contributed by atoms with E-state index in [2.05, 4.69) is 78.6 Å². The van der Waals surface area contributed by atoms with Crippen molar-refractivity contribution < 1.29 is 4.74 Å². The van der Waals surface area contributed by atoms with Gasteiger partial charge in [0.2, 0.25) is 0 Å². The van der Waals surface area contributed by atoms with Gasteiger partial charge in [0.1, 0.15) is 24.0 Å². The van der Waals surface area contributed by atoms with Gasteiger partial charge >= 0.3 is 0 Å². The van der Waals surface area contributed by atoms with Crippen molar-refractivity contribution in [2.24, 2.45) is 0 Å². The Hall–Kier alpha value is -2.66. The minimum Gasteiger partial charge on any atom is -0.487 e. The molecule has 1 aliphatic rings. The van der Waals surface area contributed by atoms with Gasteiger partial charge in [0.15, 0.2) is 0 Å². The first-order valence-electron chi connectivity index (χ1n) is 8.99. The van der Waals surface area contributed by atoms with Gasteiger partial charge in [-0.1, -0.05) is 24.3 Å². The van der Waals surface area contributed by atoms with Crippen LogP contribution in [0.5, 0.6) is 5.75 Å². The van der Waals surface area contributed by atoms with Crippen molar-refractivity contribution in [2.45, 2.75) is 45.4 Å². The highest BCUT2D eigenvalue weighted by Crippen LogP contribution is 2.35. The number of ether oxygens (including phenoxy) is 1. The Balaban J connectivity index is 1.39. The molecule has 0 bridgehead atoms. The smallest absolute Gasteiger partial charge is 0.138 e. The molecule has 5 nitrogen and oxygen atoms in total. The molecule has 0 amide bonds. The van der Waals surface area contributed by atoms with Crippen molar-refractivity contribution in [1.82, 2.24) is 20.1 Å². The van der Waals surface area contributed by atoms with Crippen LogP contribution in [0.25, 0.3) is 5.69 Å². The summed E-state index contributed by atoms with van der Waals surface area (Å²) in [5, 5.41) is 7.76. The Morgan fingerprint density at radius 1 is 1.19 bits per heavy atom. The molecule has 2 aromatic carbocycles. The maximum Gasteiger partial charge on any atom is 0.138 e. The summed E-state index contributed by atoms with van der Waals surface area (Å²) in [5.74, 6) is 1.02. The van der Waals surface area contributed by atoms with Crippen molar-refractivity contribution >= 4 is 0 Å². The van der Waals surface area contributed by atoms with Crippen molar-refractivity contribution in [3.8, 4) is 11.4 Å². The van der Waals surface area contributed by atoms with Gasteiger partial charge in [0.25, 0.3) is 0 Å². The van der Waals surface area contributed by atoms with Crippen LogP contribution in [0.3, 0.4) is 0 Å². The normalized spacial score (nSPS) is 16.1. The lowest BCUT2D eigenvalue weighted by Crippen LogP contribution is -2.24. The van der Waals surface area contributed by atoms with Gasteiger partial charge in [-0.05, 0) is 55.7 Å². The Labute approximate surface area is 154 Å². The Bertz CT molecular complexity index is 885. The summed E-state index contributed by atoms with van der Waals surface area (Å²) in [5.41, 5.74) is 4.77. The summed E-state index contributed by atoms with van der Waals surface area (Å²) in [6, 6.07) is 15.2. The topological polar surface area (TPSA) is 52.0 Å². The van der Waals surface area contributed by atoms with Crippen LogP contribution in [0, 0.1) is 0 Å². The molecule has 4 rings (SSSR count). The zero-order chi connectivity index (χ0) is 18.1. The molecule has 0 saturated heterocycles. The average molecular weight is 348 g/mol. The van der Waals surface area contributed by atoms with Crippen LogP contribution in [0.4, 0.5) is 0 Å². The van der Waals surface area contributed by atoms with E-state index in [1.54, 1.807) is 17.3 Å². The van der Waals surface area contributed by atoms with E-state index in [4.69, 9.17) is 4.74 Å². The second-order valence-corrected chi connectivity index (χ2v) is 7.51. The molecule has 0 saturated carbocycles. The summed E-state index contributed by atoms with van der Waals surface area (Å²) in [7, 11) is 0. The zero-order valence-corrected chi connectivity index (χ0v) is 15.4. The molecule has 2 heterocycles. The highest BCUT2D eigenvalue weighted by Gasteiger charge is 2.29. The van der Waals surface area contributed by atoms with E-state index in [-0.39, 0.29) is 11.6 Å². The highest BCUT2D eigenvalue weighted by atomic mass is 16.5. The number of rotatable bonds is 5. The van der Waals surface area contributed by atoms with Crippen LogP contribution in [0.15, 0.2) is 55.1 Å². The third-order valence-corrected chi connectivity index (χ3v) is 4.82. The third kappa shape index (κ3) is 3.48. The molecule has 1 aliphatic heterocycles. The van der Waals surface area contributed by atoms with Crippen molar-refractivity contribution in [1.29, 1.82) is 0 Å². The predicted molar refractivity (Wildman–Crippen MR) is 101 cm³/mol. The summed E-state index contributed by atoms with van der Waals surface area (Å²) in [6.07, 6.45) is 4.21. The molecule has 0 aliphatic carbocycles. The maximum atomic E-state index is 5.95. The first-order valence-corrected chi connectivity index (χ1v) is 8.99. The number of hydrogen-bond acceptors (Lipinski definition) is 4. The third-order valence-electron chi connectivity index (χ3n) is 4.82. The Morgan fingerprint density at radius 2 is 2.00 bits per heavy atom. The van der Waals surface area contributed by atoms with Crippen LogP contribution in [0.2, 0.25) is 0 Å². The van der Waals surface area contributed by atoms with Crippen molar-refractivity contribution in [2.75, 3.05) is 0 Å². The van der Waals surface area contributed by atoms with Gasteiger partial charge in [-0.2, -0.15) is 5.10 Å². The molecule has 134 valence electrons. The number of benzene rings is 2. The van der Waals surface area contributed by atoms with E-state index < -0.39 is 0 Å². The summed E-state index contributed by atoms with van der Waals surface area (Å²) >= 11 is 0.